The molecule has 0 aliphatic carbocycles. The highest BCUT2D eigenvalue weighted by Gasteiger charge is 2.27. The average Bonchev–Trinajstić information content (AvgIpc) is 2.42. The van der Waals surface area contributed by atoms with E-state index >= 15 is 0 Å². The molecule has 0 bridgehead atoms. The molecule has 0 aromatic heterocycles. The van der Waals surface area contributed by atoms with Crippen LogP contribution in [0, 0.1) is 0 Å². The molecule has 7 heteroatoms. The summed E-state index contributed by atoms with van der Waals surface area (Å²) >= 11 is 0. The van der Waals surface area contributed by atoms with Gasteiger partial charge in [0.15, 0.2) is 0 Å². The van der Waals surface area contributed by atoms with Crippen LogP contribution in [0.4, 0.5) is 5.69 Å². The number of amides is 1. The van der Waals surface area contributed by atoms with E-state index in [-0.39, 0.29) is 16.8 Å². The van der Waals surface area contributed by atoms with Gasteiger partial charge in [0.1, 0.15) is 0 Å². The number of piperidine rings is 1. The Bertz CT molecular complexity index is 643. The molecule has 1 aromatic rings. The van der Waals surface area contributed by atoms with E-state index in [0.29, 0.717) is 25.1 Å². The van der Waals surface area contributed by atoms with Crippen LogP contribution in [0.1, 0.15) is 25.3 Å². The number of nitrogens with zero attached hydrogens (tertiary/aromatic N) is 1. The largest absolute Gasteiger partial charge is 0.398 e. The van der Waals surface area contributed by atoms with E-state index in [1.807, 2.05) is 6.92 Å². The van der Waals surface area contributed by atoms with Crippen molar-refractivity contribution in [3.63, 3.8) is 0 Å². The quantitative estimate of drug-likeness (QED) is 0.802. The maximum absolute atomic E-state index is 12.4. The number of sulfonamides is 1. The van der Waals surface area contributed by atoms with E-state index in [4.69, 9.17) is 5.73 Å². The van der Waals surface area contributed by atoms with Gasteiger partial charge in [0.2, 0.25) is 15.9 Å². The predicted octanol–water partition coefficient (Wildman–Crippen LogP) is 0.730. The van der Waals surface area contributed by atoms with E-state index in [1.165, 1.54) is 6.07 Å². The second-order valence-corrected chi connectivity index (χ2v) is 7.06. The Hall–Kier alpha value is -1.60. The number of hydrogen-bond donors (Lipinski definition) is 2. The van der Waals surface area contributed by atoms with Crippen molar-refractivity contribution in [3.05, 3.63) is 23.8 Å². The van der Waals surface area contributed by atoms with Gasteiger partial charge in [-0.15, -0.1) is 0 Å². The van der Waals surface area contributed by atoms with Gasteiger partial charge in [-0.3, -0.25) is 4.79 Å². The Kier molecular flexibility index (Phi) is 4.53. The van der Waals surface area contributed by atoms with Gasteiger partial charge in [0.25, 0.3) is 0 Å². The molecule has 0 saturated carbocycles. The molecular formula is C14H21N3O3S. The van der Waals surface area contributed by atoms with E-state index in [9.17, 15) is 13.2 Å². The van der Waals surface area contributed by atoms with Crippen molar-refractivity contribution in [1.29, 1.82) is 0 Å². The lowest BCUT2D eigenvalue weighted by Gasteiger charge is -2.30. The maximum Gasteiger partial charge on any atom is 0.240 e. The minimum atomic E-state index is -3.62. The van der Waals surface area contributed by atoms with E-state index in [1.54, 1.807) is 24.1 Å². The molecule has 6 nitrogen and oxygen atoms in total. The van der Waals surface area contributed by atoms with Gasteiger partial charge in [0.05, 0.1) is 4.90 Å². The Morgan fingerprint density at radius 1 is 1.43 bits per heavy atom. The zero-order valence-corrected chi connectivity index (χ0v) is 13.1. The van der Waals surface area contributed by atoms with Gasteiger partial charge in [0, 0.05) is 31.7 Å². The molecule has 1 amide bonds. The highest BCUT2D eigenvalue weighted by molar-refractivity contribution is 7.89. The van der Waals surface area contributed by atoms with Crippen LogP contribution >= 0.6 is 0 Å². The Morgan fingerprint density at radius 3 is 2.71 bits per heavy atom. The number of hydrogen-bond acceptors (Lipinski definition) is 4. The molecule has 1 fully saturated rings. The van der Waals surface area contributed by atoms with Crippen molar-refractivity contribution in [2.75, 3.05) is 19.3 Å². The third-order valence-corrected chi connectivity index (χ3v) is 5.28. The van der Waals surface area contributed by atoms with Crippen LogP contribution in [-0.4, -0.2) is 38.9 Å². The summed E-state index contributed by atoms with van der Waals surface area (Å²) in [5, 5.41) is 0. The monoisotopic (exact) mass is 311 g/mol. The number of likely N-dealkylation sites (N-methyl/N-ethyl adjacent to an activating group) is 1. The fourth-order valence-electron chi connectivity index (χ4n) is 2.46. The molecule has 1 atom stereocenters. The molecule has 0 radical (unpaired) electrons. The second-order valence-electron chi connectivity index (χ2n) is 5.35. The van der Waals surface area contributed by atoms with Crippen LogP contribution in [0.25, 0.3) is 0 Å². The summed E-state index contributed by atoms with van der Waals surface area (Å²) in [6, 6.07) is 4.53. The topological polar surface area (TPSA) is 92.5 Å². The summed E-state index contributed by atoms with van der Waals surface area (Å²) in [7, 11) is -1.94. The third-order valence-electron chi connectivity index (χ3n) is 3.76. The van der Waals surface area contributed by atoms with Crippen molar-refractivity contribution in [2.45, 2.75) is 37.1 Å². The minimum absolute atomic E-state index is 0.0435. The summed E-state index contributed by atoms with van der Waals surface area (Å²) in [5.41, 5.74) is 7.27. The molecule has 1 aromatic carbocycles. The minimum Gasteiger partial charge on any atom is -0.398 e. The fourth-order valence-corrected chi connectivity index (χ4v) is 3.75. The third kappa shape index (κ3) is 3.54. The number of nitrogens with one attached hydrogen (secondary N) is 1. The van der Waals surface area contributed by atoms with Crippen LogP contribution < -0.4 is 10.5 Å². The highest BCUT2D eigenvalue weighted by Crippen LogP contribution is 2.20. The number of likely N-dealkylation sites (tertiary alicyclic amines) is 1. The van der Waals surface area contributed by atoms with Gasteiger partial charge in [-0.05, 0) is 30.5 Å². The van der Waals surface area contributed by atoms with Crippen molar-refractivity contribution >= 4 is 21.6 Å². The lowest BCUT2D eigenvalue weighted by molar-refractivity contribution is -0.132. The standard InChI is InChI=1S/C14H21N3O3S/c1-3-10-4-6-12(8-13(10)15)21(19,20)16-11-5-7-14(18)17(2)9-11/h4,6,8,11,16H,3,5,7,9,15H2,1-2H3. The highest BCUT2D eigenvalue weighted by atomic mass is 32.2. The molecular weight excluding hydrogens is 290 g/mol. The second kappa shape index (κ2) is 6.03. The predicted molar refractivity (Wildman–Crippen MR) is 81.2 cm³/mol. The number of nitrogens with two attached hydrogens (primary N) is 1. The molecule has 1 aliphatic rings. The van der Waals surface area contributed by atoms with Crippen LogP contribution in [0.15, 0.2) is 23.1 Å². The van der Waals surface area contributed by atoms with Gasteiger partial charge < -0.3 is 10.6 Å². The van der Waals surface area contributed by atoms with E-state index < -0.39 is 10.0 Å². The number of aryl methyl sites for hydroxylation is 1. The zero-order valence-electron chi connectivity index (χ0n) is 12.3. The summed E-state index contributed by atoms with van der Waals surface area (Å²) in [6.07, 6.45) is 1.64. The number of carbonyl (C=O) groups is 1. The van der Waals surface area contributed by atoms with Gasteiger partial charge in [-0.1, -0.05) is 13.0 Å². The van der Waals surface area contributed by atoms with Crippen LogP contribution in [0.3, 0.4) is 0 Å². The molecule has 116 valence electrons. The molecule has 3 N–H and O–H groups in total. The van der Waals surface area contributed by atoms with Crippen molar-refractivity contribution in [2.24, 2.45) is 0 Å². The summed E-state index contributed by atoms with van der Waals surface area (Å²) in [4.78, 5) is 13.1. The van der Waals surface area contributed by atoms with Crippen molar-refractivity contribution in [3.8, 4) is 0 Å². The van der Waals surface area contributed by atoms with Crippen molar-refractivity contribution in [1.82, 2.24) is 9.62 Å². The number of anilines is 1. The molecule has 1 unspecified atom stereocenters. The van der Waals surface area contributed by atoms with Crippen LogP contribution in [-0.2, 0) is 21.2 Å². The zero-order chi connectivity index (χ0) is 15.6. The maximum atomic E-state index is 12.4. The van der Waals surface area contributed by atoms with Gasteiger partial charge in [-0.25, -0.2) is 13.1 Å². The molecule has 1 heterocycles. The molecule has 0 spiro atoms. The van der Waals surface area contributed by atoms with Gasteiger partial charge in [-0.2, -0.15) is 0 Å². The molecule has 2 rings (SSSR count). The number of benzene rings is 1. The van der Waals surface area contributed by atoms with Gasteiger partial charge >= 0.3 is 0 Å². The smallest absolute Gasteiger partial charge is 0.240 e. The number of carbonyl (C=O) groups excluding carboxylic acids is 1. The Balaban J connectivity index is 2.15. The number of nitrogen functional groups attached to an aromatic ring is 1. The summed E-state index contributed by atoms with van der Waals surface area (Å²) in [6.45, 7) is 2.35. The first-order chi connectivity index (χ1) is 9.83. The Labute approximate surface area is 125 Å². The molecule has 21 heavy (non-hydrogen) atoms. The van der Waals surface area contributed by atoms with E-state index in [0.717, 1.165) is 12.0 Å². The first-order valence-corrected chi connectivity index (χ1v) is 8.46. The average molecular weight is 311 g/mol. The van der Waals surface area contributed by atoms with E-state index in [2.05, 4.69) is 4.72 Å². The summed E-state index contributed by atoms with van der Waals surface area (Å²) in [5.74, 6) is 0.0435. The van der Waals surface area contributed by atoms with Crippen molar-refractivity contribution < 1.29 is 13.2 Å². The van der Waals surface area contributed by atoms with Crippen LogP contribution in [0.2, 0.25) is 0 Å². The fraction of sp³-hybridized carbons (Fsp3) is 0.500. The first-order valence-electron chi connectivity index (χ1n) is 6.98. The lowest BCUT2D eigenvalue weighted by Crippen LogP contribution is -2.48. The molecule has 1 aliphatic heterocycles. The Morgan fingerprint density at radius 2 is 2.14 bits per heavy atom. The normalized spacial score (nSPS) is 19.8. The molecule has 1 saturated heterocycles. The van der Waals surface area contributed by atoms with Crippen LogP contribution in [0.5, 0.6) is 0 Å². The first kappa shape index (κ1) is 15.8. The summed E-state index contributed by atoms with van der Waals surface area (Å²) < 4.78 is 27.4. The number of rotatable bonds is 4. The lowest BCUT2D eigenvalue weighted by atomic mass is 10.1. The SMILES string of the molecule is CCc1ccc(S(=O)(=O)NC2CCC(=O)N(C)C2)cc1N.